The van der Waals surface area contributed by atoms with Crippen LogP contribution in [0.4, 0.5) is 5.69 Å². The van der Waals surface area contributed by atoms with Gasteiger partial charge in [-0.15, -0.1) is 0 Å². The smallest absolute Gasteiger partial charge is 0.309 e. The maximum Gasteiger partial charge on any atom is 0.309 e. The number of anilines is 1. The van der Waals surface area contributed by atoms with Crippen molar-refractivity contribution >= 4 is 39.2 Å². The first-order chi connectivity index (χ1) is 15.6. The molecule has 3 rings (SSSR count). The van der Waals surface area contributed by atoms with Crippen molar-refractivity contribution < 1.29 is 22.7 Å². The highest BCUT2D eigenvalue weighted by Crippen LogP contribution is 2.31. The zero-order valence-electron chi connectivity index (χ0n) is 19.1. The number of ether oxygens (including phenoxy) is 1. The molecule has 1 fully saturated rings. The fraction of sp³-hybridized carbons (Fsp3) is 0.417. The first kappa shape index (κ1) is 25.1. The third-order valence-corrected chi connectivity index (χ3v) is 8.05. The number of sulfonamides is 1. The molecule has 2 aromatic carbocycles. The van der Waals surface area contributed by atoms with Crippen LogP contribution in [0.15, 0.2) is 47.4 Å². The number of halogens is 1. The molecule has 33 heavy (non-hydrogen) atoms. The summed E-state index contributed by atoms with van der Waals surface area (Å²) in [5, 5.41) is 0.416. The van der Waals surface area contributed by atoms with Gasteiger partial charge in [0.2, 0.25) is 5.91 Å². The zero-order chi connectivity index (χ0) is 24.2. The van der Waals surface area contributed by atoms with E-state index in [2.05, 4.69) is 0 Å². The Hall–Kier alpha value is -2.58. The van der Waals surface area contributed by atoms with Gasteiger partial charge in [-0.1, -0.05) is 35.4 Å². The van der Waals surface area contributed by atoms with Crippen molar-refractivity contribution in [2.24, 2.45) is 5.92 Å². The number of rotatable bonds is 7. The molecule has 7 nitrogen and oxygen atoms in total. The molecule has 0 unspecified atom stereocenters. The maximum absolute atomic E-state index is 13.6. The lowest BCUT2D eigenvalue weighted by Crippen LogP contribution is -2.47. The van der Waals surface area contributed by atoms with Crippen molar-refractivity contribution in [1.29, 1.82) is 0 Å². The van der Waals surface area contributed by atoms with E-state index in [0.29, 0.717) is 48.8 Å². The highest BCUT2D eigenvalue weighted by Gasteiger charge is 2.33. The van der Waals surface area contributed by atoms with E-state index in [0.717, 1.165) is 9.87 Å². The summed E-state index contributed by atoms with van der Waals surface area (Å²) in [4.78, 5) is 26.9. The Morgan fingerprint density at radius 3 is 2.33 bits per heavy atom. The number of nitrogens with zero attached hydrogens (tertiary/aromatic N) is 2. The number of hydrogen-bond donors (Lipinski definition) is 0. The second-order valence-electron chi connectivity index (χ2n) is 8.12. The van der Waals surface area contributed by atoms with Crippen LogP contribution in [0.3, 0.4) is 0 Å². The molecule has 0 bridgehead atoms. The fourth-order valence-electron chi connectivity index (χ4n) is 3.85. The lowest BCUT2D eigenvalue weighted by Gasteiger charge is -2.33. The fourth-order valence-corrected chi connectivity index (χ4v) is 5.49. The molecule has 0 spiro atoms. The third-order valence-electron chi connectivity index (χ3n) is 5.86. The van der Waals surface area contributed by atoms with Crippen LogP contribution in [-0.2, 0) is 24.3 Å². The number of amides is 1. The molecule has 0 N–H and O–H groups in total. The maximum atomic E-state index is 13.6. The second-order valence-corrected chi connectivity index (χ2v) is 10.4. The van der Waals surface area contributed by atoms with Gasteiger partial charge < -0.3 is 9.64 Å². The SMILES string of the molecule is CCOC(=O)C1CCN(C(=O)CN(c2cccc(Cl)c2C)S(=O)(=O)c2ccc(C)cc2)CC1. The summed E-state index contributed by atoms with van der Waals surface area (Å²) in [6.07, 6.45) is 0.983. The predicted molar refractivity (Wildman–Crippen MR) is 128 cm³/mol. The van der Waals surface area contributed by atoms with Gasteiger partial charge in [0.15, 0.2) is 0 Å². The number of carbonyl (C=O) groups excluding carboxylic acids is 2. The van der Waals surface area contributed by atoms with Gasteiger partial charge in [0, 0.05) is 18.1 Å². The van der Waals surface area contributed by atoms with Gasteiger partial charge in [0.05, 0.1) is 23.1 Å². The van der Waals surface area contributed by atoms with Crippen LogP contribution in [0.5, 0.6) is 0 Å². The van der Waals surface area contributed by atoms with Gasteiger partial charge in [-0.3, -0.25) is 13.9 Å². The third kappa shape index (κ3) is 5.68. The highest BCUT2D eigenvalue weighted by atomic mass is 35.5. The molecule has 0 atom stereocenters. The van der Waals surface area contributed by atoms with E-state index < -0.39 is 10.0 Å². The van der Waals surface area contributed by atoms with Gasteiger partial charge in [0.25, 0.3) is 10.0 Å². The minimum Gasteiger partial charge on any atom is -0.466 e. The van der Waals surface area contributed by atoms with E-state index in [1.54, 1.807) is 49.1 Å². The molecule has 0 aliphatic carbocycles. The Bertz CT molecular complexity index is 1110. The molecular weight excluding hydrogens is 464 g/mol. The summed E-state index contributed by atoms with van der Waals surface area (Å²) >= 11 is 6.27. The number of likely N-dealkylation sites (tertiary alicyclic amines) is 1. The molecule has 1 saturated heterocycles. The molecule has 1 aliphatic heterocycles. The Kier molecular flexibility index (Phi) is 8.02. The van der Waals surface area contributed by atoms with E-state index in [1.807, 2.05) is 6.92 Å². The van der Waals surface area contributed by atoms with Crippen LogP contribution < -0.4 is 4.31 Å². The Labute approximate surface area is 200 Å². The van der Waals surface area contributed by atoms with Crippen LogP contribution >= 0.6 is 11.6 Å². The summed E-state index contributed by atoms with van der Waals surface area (Å²) in [5.74, 6) is -0.813. The minimum atomic E-state index is -4.02. The molecule has 0 radical (unpaired) electrons. The van der Waals surface area contributed by atoms with Crippen molar-refractivity contribution in [3.63, 3.8) is 0 Å². The van der Waals surface area contributed by atoms with Crippen molar-refractivity contribution in [2.75, 3.05) is 30.5 Å². The van der Waals surface area contributed by atoms with Crippen LogP contribution in [0, 0.1) is 19.8 Å². The van der Waals surface area contributed by atoms with Gasteiger partial charge in [-0.25, -0.2) is 8.42 Å². The average molecular weight is 493 g/mol. The monoisotopic (exact) mass is 492 g/mol. The van der Waals surface area contributed by atoms with Crippen LogP contribution in [0.2, 0.25) is 5.02 Å². The summed E-state index contributed by atoms with van der Waals surface area (Å²) in [7, 11) is -4.02. The molecule has 0 aromatic heterocycles. The lowest BCUT2D eigenvalue weighted by molar-refractivity contribution is -0.151. The topological polar surface area (TPSA) is 84.0 Å². The highest BCUT2D eigenvalue weighted by molar-refractivity contribution is 7.92. The second kappa shape index (κ2) is 10.6. The Morgan fingerprint density at radius 2 is 1.73 bits per heavy atom. The van der Waals surface area contributed by atoms with Crippen LogP contribution in [-0.4, -0.2) is 51.4 Å². The van der Waals surface area contributed by atoms with Gasteiger partial charge in [0.1, 0.15) is 6.54 Å². The number of esters is 1. The van der Waals surface area contributed by atoms with E-state index in [9.17, 15) is 18.0 Å². The molecule has 2 aromatic rings. The lowest BCUT2D eigenvalue weighted by atomic mass is 9.97. The number of piperidine rings is 1. The van der Waals surface area contributed by atoms with Gasteiger partial charge >= 0.3 is 5.97 Å². The van der Waals surface area contributed by atoms with E-state index in [4.69, 9.17) is 16.3 Å². The van der Waals surface area contributed by atoms with Crippen molar-refractivity contribution in [2.45, 2.75) is 38.5 Å². The van der Waals surface area contributed by atoms with Crippen molar-refractivity contribution in [3.8, 4) is 0 Å². The van der Waals surface area contributed by atoms with E-state index >= 15 is 0 Å². The Balaban J connectivity index is 1.87. The average Bonchev–Trinajstić information content (AvgIpc) is 2.80. The summed E-state index contributed by atoms with van der Waals surface area (Å²) in [6.45, 7) is 6.07. The normalized spacial score (nSPS) is 14.7. The molecule has 1 heterocycles. The molecule has 0 saturated carbocycles. The molecule has 9 heteroatoms. The van der Waals surface area contributed by atoms with E-state index in [1.165, 1.54) is 12.1 Å². The number of carbonyl (C=O) groups is 2. The molecule has 1 aliphatic rings. The number of aryl methyl sites for hydroxylation is 1. The van der Waals surface area contributed by atoms with Crippen LogP contribution in [0.25, 0.3) is 0 Å². The van der Waals surface area contributed by atoms with Gasteiger partial charge in [-0.05, 0) is 63.4 Å². The minimum absolute atomic E-state index is 0.0984. The Morgan fingerprint density at radius 1 is 1.09 bits per heavy atom. The first-order valence-corrected chi connectivity index (χ1v) is 12.8. The largest absolute Gasteiger partial charge is 0.466 e. The van der Waals surface area contributed by atoms with Crippen LogP contribution in [0.1, 0.15) is 30.9 Å². The van der Waals surface area contributed by atoms with E-state index in [-0.39, 0.29) is 29.2 Å². The first-order valence-electron chi connectivity index (χ1n) is 10.9. The summed E-state index contributed by atoms with van der Waals surface area (Å²) in [6, 6.07) is 11.5. The quantitative estimate of drug-likeness (QED) is 0.546. The number of benzene rings is 2. The summed E-state index contributed by atoms with van der Waals surface area (Å²) in [5.41, 5.74) is 1.86. The molecule has 1 amide bonds. The summed E-state index contributed by atoms with van der Waals surface area (Å²) < 4.78 is 33.4. The number of hydrogen-bond acceptors (Lipinski definition) is 5. The zero-order valence-corrected chi connectivity index (χ0v) is 20.7. The standard InChI is InChI=1S/C24H29ClN2O5S/c1-4-32-24(29)19-12-14-26(15-13-19)23(28)16-27(22-7-5-6-21(25)18(22)3)33(30,31)20-10-8-17(2)9-11-20/h5-11,19H,4,12-16H2,1-3H3. The van der Waals surface area contributed by atoms with Gasteiger partial charge in [-0.2, -0.15) is 0 Å². The predicted octanol–water partition coefficient (Wildman–Crippen LogP) is 3.95. The molecule has 178 valence electrons. The van der Waals surface area contributed by atoms with Crippen molar-refractivity contribution in [1.82, 2.24) is 4.90 Å². The molecular formula is C24H29ClN2O5S. The van der Waals surface area contributed by atoms with Crippen molar-refractivity contribution in [3.05, 3.63) is 58.6 Å².